The highest BCUT2D eigenvalue weighted by Gasteiger charge is 2.28. The lowest BCUT2D eigenvalue weighted by atomic mass is 9.91. The molecule has 0 aromatic carbocycles. The highest BCUT2D eigenvalue weighted by atomic mass is 16.5. The molecule has 1 fully saturated rings. The van der Waals surface area contributed by atoms with Crippen LogP contribution in [0.2, 0.25) is 0 Å². The fourth-order valence-electron chi connectivity index (χ4n) is 2.55. The minimum atomic E-state index is -0.733. The maximum atomic E-state index is 11.2. The summed E-state index contributed by atoms with van der Waals surface area (Å²) in [5.74, 6) is -0.373. The topological polar surface area (TPSA) is 70.0 Å². The summed E-state index contributed by atoms with van der Waals surface area (Å²) < 4.78 is 4.79. The Morgan fingerprint density at radius 2 is 2.11 bits per heavy atom. The van der Waals surface area contributed by atoms with E-state index in [1.807, 2.05) is 11.9 Å². The second kappa shape index (κ2) is 7.71. The summed E-state index contributed by atoms with van der Waals surface area (Å²) in [7, 11) is 1.88. The lowest BCUT2D eigenvalue weighted by molar-refractivity contribution is -0.145. The number of carbonyl (C=O) groups excluding carboxylic acids is 1. The number of aliphatic hydroxyl groups is 2. The molecular formula is C13H25NO4. The van der Waals surface area contributed by atoms with Gasteiger partial charge in [0.15, 0.2) is 0 Å². The zero-order valence-corrected chi connectivity index (χ0v) is 11.3. The molecule has 0 aromatic heterocycles. The van der Waals surface area contributed by atoms with Crippen molar-refractivity contribution in [1.82, 2.24) is 4.90 Å². The lowest BCUT2D eigenvalue weighted by Gasteiger charge is -2.36. The van der Waals surface area contributed by atoms with E-state index in [4.69, 9.17) is 4.74 Å². The monoisotopic (exact) mass is 259 g/mol. The average molecular weight is 259 g/mol. The van der Waals surface area contributed by atoms with E-state index in [9.17, 15) is 15.0 Å². The Morgan fingerprint density at radius 3 is 2.72 bits per heavy atom. The molecule has 1 saturated carbocycles. The molecule has 2 N–H and O–H groups in total. The van der Waals surface area contributed by atoms with Gasteiger partial charge in [0.1, 0.15) is 0 Å². The number of carbonyl (C=O) groups is 1. The first-order valence-corrected chi connectivity index (χ1v) is 6.76. The number of likely N-dealkylation sites (N-methyl/N-ethyl adjacent to an activating group) is 1. The standard InChI is InChI=1S/C13H25NO4/c1-3-18-13(17)8-10(15)9-14(2)11-6-4-5-7-12(11)16/h10-12,15-16H,3-9H2,1-2H3. The second-order valence-electron chi connectivity index (χ2n) is 5.02. The van der Waals surface area contributed by atoms with Crippen LogP contribution in [0.15, 0.2) is 0 Å². The van der Waals surface area contributed by atoms with Crippen molar-refractivity contribution in [2.24, 2.45) is 0 Å². The van der Waals surface area contributed by atoms with E-state index >= 15 is 0 Å². The first kappa shape index (κ1) is 15.4. The van der Waals surface area contributed by atoms with Gasteiger partial charge in [-0.25, -0.2) is 0 Å². The van der Waals surface area contributed by atoms with Gasteiger partial charge >= 0.3 is 5.97 Å². The Kier molecular flexibility index (Phi) is 6.60. The molecule has 5 heteroatoms. The van der Waals surface area contributed by atoms with Crippen LogP contribution in [0, 0.1) is 0 Å². The van der Waals surface area contributed by atoms with Gasteiger partial charge in [-0.15, -0.1) is 0 Å². The molecule has 0 spiro atoms. The molecule has 1 rings (SSSR count). The van der Waals surface area contributed by atoms with E-state index in [0.29, 0.717) is 13.2 Å². The minimum Gasteiger partial charge on any atom is -0.466 e. The van der Waals surface area contributed by atoms with Crippen LogP contribution in [0.5, 0.6) is 0 Å². The van der Waals surface area contributed by atoms with Gasteiger partial charge in [-0.2, -0.15) is 0 Å². The van der Waals surface area contributed by atoms with Gasteiger partial charge in [-0.1, -0.05) is 12.8 Å². The van der Waals surface area contributed by atoms with Crippen LogP contribution < -0.4 is 0 Å². The summed E-state index contributed by atoms with van der Waals surface area (Å²) in [6, 6.07) is 0.0931. The SMILES string of the molecule is CCOC(=O)CC(O)CN(C)C1CCCCC1O. The summed E-state index contributed by atoms with van der Waals surface area (Å²) in [5, 5.41) is 19.7. The van der Waals surface area contributed by atoms with Crippen molar-refractivity contribution < 1.29 is 19.7 Å². The van der Waals surface area contributed by atoms with Crippen LogP contribution in [-0.2, 0) is 9.53 Å². The van der Waals surface area contributed by atoms with Crippen molar-refractivity contribution in [3.63, 3.8) is 0 Å². The molecule has 0 bridgehead atoms. The van der Waals surface area contributed by atoms with Crippen molar-refractivity contribution in [3.05, 3.63) is 0 Å². The molecule has 3 unspecified atom stereocenters. The van der Waals surface area contributed by atoms with Crippen molar-refractivity contribution in [2.75, 3.05) is 20.2 Å². The van der Waals surface area contributed by atoms with Gasteiger partial charge in [-0.05, 0) is 26.8 Å². The molecule has 0 aromatic rings. The first-order chi connectivity index (χ1) is 8.54. The van der Waals surface area contributed by atoms with Gasteiger partial charge in [0.05, 0.1) is 25.2 Å². The van der Waals surface area contributed by atoms with Gasteiger partial charge in [0.2, 0.25) is 0 Å². The van der Waals surface area contributed by atoms with Crippen LogP contribution in [0.25, 0.3) is 0 Å². The third-order valence-electron chi connectivity index (χ3n) is 3.47. The van der Waals surface area contributed by atoms with E-state index in [1.165, 1.54) is 0 Å². The molecule has 0 heterocycles. The number of nitrogens with zero attached hydrogens (tertiary/aromatic N) is 1. The molecule has 0 amide bonds. The van der Waals surface area contributed by atoms with Crippen molar-refractivity contribution in [2.45, 2.75) is 57.3 Å². The van der Waals surface area contributed by atoms with Crippen molar-refractivity contribution in [3.8, 4) is 0 Å². The van der Waals surface area contributed by atoms with Crippen LogP contribution in [0.3, 0.4) is 0 Å². The van der Waals surface area contributed by atoms with E-state index < -0.39 is 6.10 Å². The number of aliphatic hydroxyl groups excluding tert-OH is 2. The molecule has 1 aliphatic carbocycles. The van der Waals surface area contributed by atoms with Crippen LogP contribution >= 0.6 is 0 Å². The van der Waals surface area contributed by atoms with Gasteiger partial charge in [0.25, 0.3) is 0 Å². The van der Waals surface area contributed by atoms with Crippen LogP contribution in [-0.4, -0.2) is 59.5 Å². The molecule has 106 valence electrons. The Bertz CT molecular complexity index is 259. The average Bonchev–Trinajstić information content (AvgIpc) is 2.29. The smallest absolute Gasteiger partial charge is 0.308 e. The predicted octanol–water partition coefficient (Wildman–Crippen LogP) is 0.536. The van der Waals surface area contributed by atoms with Gasteiger partial charge in [0, 0.05) is 12.6 Å². The summed E-state index contributed by atoms with van der Waals surface area (Å²) in [5.41, 5.74) is 0. The number of esters is 1. The molecule has 1 aliphatic rings. The fraction of sp³-hybridized carbons (Fsp3) is 0.923. The molecule has 3 atom stereocenters. The second-order valence-corrected chi connectivity index (χ2v) is 5.02. The van der Waals surface area contributed by atoms with E-state index in [-0.39, 0.29) is 24.5 Å². The number of hydrogen-bond donors (Lipinski definition) is 2. The Hall–Kier alpha value is -0.650. The molecule has 5 nitrogen and oxygen atoms in total. The molecular weight excluding hydrogens is 234 g/mol. The predicted molar refractivity (Wildman–Crippen MR) is 68.1 cm³/mol. The highest BCUT2D eigenvalue weighted by molar-refractivity contribution is 5.69. The lowest BCUT2D eigenvalue weighted by Crippen LogP contribution is -2.46. The highest BCUT2D eigenvalue weighted by Crippen LogP contribution is 2.22. The number of ether oxygens (including phenoxy) is 1. The van der Waals surface area contributed by atoms with Crippen molar-refractivity contribution in [1.29, 1.82) is 0 Å². The van der Waals surface area contributed by atoms with Crippen molar-refractivity contribution >= 4 is 5.97 Å². The maximum Gasteiger partial charge on any atom is 0.308 e. The Morgan fingerprint density at radius 1 is 1.44 bits per heavy atom. The quantitative estimate of drug-likeness (QED) is 0.681. The zero-order chi connectivity index (χ0) is 13.5. The Labute approximate surface area is 109 Å². The molecule has 0 saturated heterocycles. The summed E-state index contributed by atoms with van der Waals surface area (Å²) in [6.07, 6.45) is 2.91. The zero-order valence-electron chi connectivity index (χ0n) is 11.3. The largest absolute Gasteiger partial charge is 0.466 e. The van der Waals surface area contributed by atoms with Gasteiger partial charge in [-0.3, -0.25) is 9.69 Å². The molecule has 0 radical (unpaired) electrons. The molecule has 0 aliphatic heterocycles. The maximum absolute atomic E-state index is 11.2. The van der Waals surface area contributed by atoms with E-state index in [0.717, 1.165) is 25.7 Å². The molecule has 18 heavy (non-hydrogen) atoms. The third kappa shape index (κ3) is 4.92. The number of hydrogen-bond acceptors (Lipinski definition) is 5. The minimum absolute atomic E-state index is 0.0149. The van der Waals surface area contributed by atoms with E-state index in [2.05, 4.69) is 0 Å². The summed E-state index contributed by atoms with van der Waals surface area (Å²) in [6.45, 7) is 2.47. The summed E-state index contributed by atoms with van der Waals surface area (Å²) >= 11 is 0. The number of rotatable bonds is 6. The Balaban J connectivity index is 2.33. The van der Waals surface area contributed by atoms with Gasteiger partial charge < -0.3 is 14.9 Å². The summed E-state index contributed by atoms with van der Waals surface area (Å²) in [4.78, 5) is 13.2. The first-order valence-electron chi connectivity index (χ1n) is 6.76. The van der Waals surface area contributed by atoms with Crippen LogP contribution in [0.1, 0.15) is 39.0 Å². The third-order valence-corrected chi connectivity index (χ3v) is 3.47. The normalized spacial score (nSPS) is 26.1. The van der Waals surface area contributed by atoms with E-state index in [1.54, 1.807) is 6.92 Å². The van der Waals surface area contributed by atoms with Crippen LogP contribution in [0.4, 0.5) is 0 Å². The fourth-order valence-corrected chi connectivity index (χ4v) is 2.55.